The van der Waals surface area contributed by atoms with Crippen molar-refractivity contribution in [3.05, 3.63) is 29.3 Å². The molecule has 0 radical (unpaired) electrons. The summed E-state index contributed by atoms with van der Waals surface area (Å²) in [6, 6.07) is 4.90. The lowest BCUT2D eigenvalue weighted by atomic mass is 9.98. The summed E-state index contributed by atoms with van der Waals surface area (Å²) < 4.78 is 0. The van der Waals surface area contributed by atoms with Crippen molar-refractivity contribution in [2.75, 3.05) is 18.9 Å². The summed E-state index contributed by atoms with van der Waals surface area (Å²) in [5.74, 6) is -2.23. The maximum atomic E-state index is 12.2. The highest BCUT2D eigenvalue weighted by atomic mass is 16.2. The van der Waals surface area contributed by atoms with Gasteiger partial charge in [0.25, 0.3) is 0 Å². The molecule has 7 nitrogen and oxygen atoms in total. The van der Waals surface area contributed by atoms with Gasteiger partial charge in [0.1, 0.15) is 6.54 Å². The molecule has 0 saturated carbocycles. The van der Waals surface area contributed by atoms with Gasteiger partial charge in [-0.15, -0.1) is 0 Å². The molecule has 1 aliphatic rings. The van der Waals surface area contributed by atoms with Crippen molar-refractivity contribution in [3.63, 3.8) is 0 Å². The van der Waals surface area contributed by atoms with E-state index in [1.165, 1.54) is 7.05 Å². The first kappa shape index (κ1) is 16.7. The van der Waals surface area contributed by atoms with Crippen molar-refractivity contribution in [2.45, 2.75) is 26.7 Å². The molecule has 0 aliphatic carbocycles. The molecule has 122 valence electrons. The fourth-order valence-electron chi connectivity index (χ4n) is 2.42. The fraction of sp³-hybridized carbons (Fsp3) is 0.375. The van der Waals surface area contributed by atoms with Crippen LogP contribution in [0.3, 0.4) is 0 Å². The zero-order valence-electron chi connectivity index (χ0n) is 13.5. The Hall–Kier alpha value is -2.70. The first-order valence-corrected chi connectivity index (χ1v) is 7.27. The van der Waals surface area contributed by atoms with Gasteiger partial charge in [0.15, 0.2) is 0 Å². The number of aryl methyl sites for hydroxylation is 1. The van der Waals surface area contributed by atoms with Crippen LogP contribution in [0, 0.1) is 6.92 Å². The Morgan fingerprint density at radius 2 is 1.83 bits per heavy atom. The van der Waals surface area contributed by atoms with E-state index in [1.54, 1.807) is 0 Å². The molecule has 7 heteroatoms. The highest BCUT2D eigenvalue weighted by Crippen LogP contribution is 2.27. The van der Waals surface area contributed by atoms with Gasteiger partial charge in [-0.05, 0) is 24.0 Å². The highest BCUT2D eigenvalue weighted by Gasteiger charge is 2.43. The number of amides is 5. The monoisotopic (exact) mass is 317 g/mol. The molecular formula is C16H19N3O4. The van der Waals surface area contributed by atoms with Crippen LogP contribution in [0.1, 0.15) is 30.9 Å². The average Bonchev–Trinajstić information content (AvgIpc) is 2.67. The molecule has 1 aromatic rings. The van der Waals surface area contributed by atoms with E-state index >= 15 is 0 Å². The molecule has 23 heavy (non-hydrogen) atoms. The third kappa shape index (κ3) is 3.08. The Labute approximate surface area is 134 Å². The molecule has 1 heterocycles. The molecule has 1 fully saturated rings. The van der Waals surface area contributed by atoms with Gasteiger partial charge in [0.2, 0.25) is 5.91 Å². The minimum atomic E-state index is -0.985. The summed E-state index contributed by atoms with van der Waals surface area (Å²) in [5.41, 5.74) is 2.52. The van der Waals surface area contributed by atoms with Crippen LogP contribution in [0.25, 0.3) is 0 Å². The van der Waals surface area contributed by atoms with E-state index in [-0.39, 0.29) is 5.92 Å². The van der Waals surface area contributed by atoms with Crippen LogP contribution in [-0.4, -0.2) is 47.1 Å². The number of hydrogen-bond acceptors (Lipinski definition) is 4. The first-order chi connectivity index (χ1) is 10.7. The number of imide groups is 2. The summed E-state index contributed by atoms with van der Waals surface area (Å²) in [6.45, 7) is 5.39. The standard InChI is InChI=1S/C16H19N3O4/c1-9(2)11-7-5-6-10(3)13(11)17-12(20)8-19-15(22)14(21)18(4)16(19)23/h5-7,9H,8H2,1-4H3,(H,17,20). The maximum absolute atomic E-state index is 12.2. The third-order valence-electron chi connectivity index (χ3n) is 3.74. The number of carbonyl (C=O) groups is 4. The van der Waals surface area contributed by atoms with Gasteiger partial charge in [-0.1, -0.05) is 32.0 Å². The average molecular weight is 317 g/mol. The van der Waals surface area contributed by atoms with Crippen LogP contribution in [0.4, 0.5) is 10.5 Å². The van der Waals surface area contributed by atoms with Crippen molar-refractivity contribution in [1.82, 2.24) is 9.80 Å². The number of anilines is 1. The summed E-state index contributed by atoms with van der Waals surface area (Å²) in [5, 5.41) is 2.74. The molecule has 5 amide bonds. The van der Waals surface area contributed by atoms with Crippen molar-refractivity contribution < 1.29 is 19.2 Å². The molecule has 0 spiro atoms. The quantitative estimate of drug-likeness (QED) is 0.673. The lowest BCUT2D eigenvalue weighted by molar-refractivity contribution is -0.143. The van der Waals surface area contributed by atoms with E-state index in [4.69, 9.17) is 0 Å². The Kier molecular flexibility index (Phi) is 4.49. The normalized spacial score (nSPS) is 14.9. The molecule has 0 bridgehead atoms. The van der Waals surface area contributed by atoms with E-state index in [0.717, 1.165) is 11.1 Å². The largest absolute Gasteiger partial charge is 0.334 e. The van der Waals surface area contributed by atoms with Gasteiger partial charge >= 0.3 is 17.8 Å². The van der Waals surface area contributed by atoms with Crippen molar-refractivity contribution in [3.8, 4) is 0 Å². The Bertz CT molecular complexity index is 697. The van der Waals surface area contributed by atoms with Gasteiger partial charge in [-0.2, -0.15) is 0 Å². The van der Waals surface area contributed by atoms with Crippen LogP contribution in [-0.2, 0) is 14.4 Å². The smallest absolute Gasteiger partial charge is 0.324 e. The number of para-hydroxylation sites is 1. The van der Waals surface area contributed by atoms with Gasteiger partial charge in [-0.3, -0.25) is 19.3 Å². The molecule has 1 aromatic carbocycles. The summed E-state index contributed by atoms with van der Waals surface area (Å²) in [6.07, 6.45) is 0. The van der Waals surface area contributed by atoms with Crippen molar-refractivity contribution in [1.29, 1.82) is 0 Å². The number of rotatable bonds is 4. The van der Waals surface area contributed by atoms with Crippen LogP contribution in [0.15, 0.2) is 18.2 Å². The number of carbonyl (C=O) groups excluding carboxylic acids is 4. The fourth-order valence-corrected chi connectivity index (χ4v) is 2.42. The molecule has 2 rings (SSSR count). The number of nitrogens with one attached hydrogen (secondary N) is 1. The lowest BCUT2D eigenvalue weighted by Gasteiger charge is -2.18. The lowest BCUT2D eigenvalue weighted by Crippen LogP contribution is -2.38. The van der Waals surface area contributed by atoms with Crippen LogP contribution in [0.5, 0.6) is 0 Å². The van der Waals surface area contributed by atoms with Crippen LogP contribution < -0.4 is 5.32 Å². The topological polar surface area (TPSA) is 86.8 Å². The Morgan fingerprint density at radius 1 is 1.17 bits per heavy atom. The van der Waals surface area contributed by atoms with Crippen LogP contribution in [0.2, 0.25) is 0 Å². The molecule has 0 atom stereocenters. The minimum absolute atomic E-state index is 0.202. The summed E-state index contributed by atoms with van der Waals surface area (Å²) in [4.78, 5) is 48.5. The molecule has 1 saturated heterocycles. The SMILES string of the molecule is Cc1cccc(C(C)C)c1NC(=O)CN1C(=O)C(=O)N(C)C1=O. The maximum Gasteiger partial charge on any atom is 0.334 e. The third-order valence-corrected chi connectivity index (χ3v) is 3.74. The molecular weight excluding hydrogens is 298 g/mol. The zero-order valence-corrected chi connectivity index (χ0v) is 13.5. The Morgan fingerprint density at radius 3 is 2.35 bits per heavy atom. The van der Waals surface area contributed by atoms with Gasteiger partial charge in [-0.25, -0.2) is 9.69 Å². The van der Waals surface area contributed by atoms with E-state index < -0.39 is 30.3 Å². The summed E-state index contributed by atoms with van der Waals surface area (Å²) >= 11 is 0. The van der Waals surface area contributed by atoms with Crippen molar-refractivity contribution >= 4 is 29.4 Å². The summed E-state index contributed by atoms with van der Waals surface area (Å²) in [7, 11) is 1.21. The molecule has 1 aliphatic heterocycles. The molecule has 0 aromatic heterocycles. The van der Waals surface area contributed by atoms with E-state index in [1.807, 2.05) is 39.0 Å². The number of hydrogen-bond donors (Lipinski definition) is 1. The first-order valence-electron chi connectivity index (χ1n) is 7.27. The van der Waals surface area contributed by atoms with Gasteiger partial charge in [0.05, 0.1) is 0 Å². The van der Waals surface area contributed by atoms with E-state index in [2.05, 4.69) is 5.32 Å². The zero-order chi connectivity index (χ0) is 17.3. The Balaban J connectivity index is 2.17. The van der Waals surface area contributed by atoms with Crippen LogP contribution >= 0.6 is 0 Å². The molecule has 1 N–H and O–H groups in total. The van der Waals surface area contributed by atoms with Crippen molar-refractivity contribution in [2.24, 2.45) is 0 Å². The second kappa shape index (κ2) is 6.20. The number of likely N-dealkylation sites (N-methyl/N-ethyl adjacent to an activating group) is 1. The number of benzene rings is 1. The number of urea groups is 1. The predicted octanol–water partition coefficient (Wildman–Crippen LogP) is 1.48. The van der Waals surface area contributed by atoms with E-state index in [0.29, 0.717) is 15.5 Å². The van der Waals surface area contributed by atoms with Gasteiger partial charge in [0, 0.05) is 12.7 Å². The predicted molar refractivity (Wildman–Crippen MR) is 83.8 cm³/mol. The van der Waals surface area contributed by atoms with E-state index in [9.17, 15) is 19.2 Å². The second-order valence-corrected chi connectivity index (χ2v) is 5.78. The van der Waals surface area contributed by atoms with Gasteiger partial charge < -0.3 is 5.32 Å². The highest BCUT2D eigenvalue weighted by molar-refractivity contribution is 6.44. The minimum Gasteiger partial charge on any atom is -0.324 e. The number of nitrogens with zero attached hydrogens (tertiary/aromatic N) is 2. The molecule has 0 unspecified atom stereocenters. The second-order valence-electron chi connectivity index (χ2n) is 5.78.